The molecular formula is C23H26BFN2O6. The van der Waals surface area contributed by atoms with Crippen LogP contribution in [-0.4, -0.2) is 47.0 Å². The van der Waals surface area contributed by atoms with Crippen molar-refractivity contribution in [2.75, 3.05) is 6.54 Å². The molecule has 1 aliphatic heterocycles. The zero-order valence-electron chi connectivity index (χ0n) is 18.9. The van der Waals surface area contributed by atoms with Crippen LogP contribution in [0, 0.1) is 5.82 Å². The van der Waals surface area contributed by atoms with Gasteiger partial charge in [0, 0.05) is 6.54 Å². The first-order chi connectivity index (χ1) is 15.5. The van der Waals surface area contributed by atoms with Crippen molar-refractivity contribution < 1.29 is 33.1 Å². The number of rotatable bonds is 7. The maximum absolute atomic E-state index is 13.8. The molecule has 0 bridgehead atoms. The lowest BCUT2D eigenvalue weighted by atomic mass is 9.77. The van der Waals surface area contributed by atoms with Crippen LogP contribution in [0.5, 0.6) is 0 Å². The molecule has 0 spiro atoms. The van der Waals surface area contributed by atoms with Gasteiger partial charge in [0.05, 0.1) is 28.7 Å². The Kier molecular flexibility index (Phi) is 7.19. The van der Waals surface area contributed by atoms with E-state index in [-0.39, 0.29) is 18.8 Å². The second-order valence-corrected chi connectivity index (χ2v) is 8.62. The summed E-state index contributed by atoms with van der Waals surface area (Å²) in [4.78, 5) is 27.5. The monoisotopic (exact) mass is 456 g/mol. The molecule has 2 aromatic rings. The molecule has 1 amide bonds. The van der Waals surface area contributed by atoms with E-state index < -0.39 is 41.8 Å². The van der Waals surface area contributed by atoms with E-state index in [2.05, 4.69) is 10.3 Å². The molecule has 3 rings (SSSR count). The number of aromatic nitrogens is 1. The average molecular weight is 456 g/mol. The summed E-state index contributed by atoms with van der Waals surface area (Å²) in [5.41, 5.74) is -0.329. The fourth-order valence-electron chi connectivity index (χ4n) is 3.03. The number of aromatic carboxylic acids is 1. The Balaban J connectivity index is 1.79. The van der Waals surface area contributed by atoms with E-state index >= 15 is 0 Å². The number of hydrogen-bond acceptors (Lipinski definition) is 6. The summed E-state index contributed by atoms with van der Waals surface area (Å²) in [5, 5.41) is 11.8. The molecule has 0 unspecified atom stereocenters. The van der Waals surface area contributed by atoms with Crippen LogP contribution in [0.3, 0.4) is 0 Å². The largest absolute Gasteiger partial charge is 0.492 e. The van der Waals surface area contributed by atoms with Crippen molar-refractivity contribution in [2.24, 2.45) is 0 Å². The Morgan fingerprint density at radius 2 is 1.82 bits per heavy atom. The van der Waals surface area contributed by atoms with E-state index in [4.69, 9.17) is 14.0 Å². The van der Waals surface area contributed by atoms with Crippen LogP contribution in [0.2, 0.25) is 0 Å². The number of carboxylic acids is 1. The second kappa shape index (κ2) is 9.72. The molecule has 0 aliphatic carbocycles. The third kappa shape index (κ3) is 5.97. The molecule has 0 atom stereocenters. The van der Waals surface area contributed by atoms with Gasteiger partial charge in [-0.05, 0) is 50.9 Å². The minimum atomic E-state index is -1.41. The van der Waals surface area contributed by atoms with Gasteiger partial charge in [0.15, 0.2) is 5.82 Å². The van der Waals surface area contributed by atoms with Crippen molar-refractivity contribution >= 4 is 25.3 Å². The number of carbonyl (C=O) groups is 2. The van der Waals surface area contributed by atoms with Gasteiger partial charge in [-0.25, -0.2) is 14.0 Å². The number of ether oxygens (including phenoxy) is 1. The molecule has 8 nitrogen and oxygen atoms in total. The number of amides is 1. The Hall–Kier alpha value is -3.24. The van der Waals surface area contributed by atoms with Crippen molar-refractivity contribution in [3.63, 3.8) is 0 Å². The number of carboxylic acid groups (broad SMARTS) is 1. The Morgan fingerprint density at radius 3 is 2.42 bits per heavy atom. The van der Waals surface area contributed by atoms with Crippen LogP contribution in [-0.2, 0) is 20.7 Å². The molecular weight excluding hydrogens is 430 g/mol. The van der Waals surface area contributed by atoms with Gasteiger partial charge in [0.25, 0.3) is 0 Å². The first-order valence-electron chi connectivity index (χ1n) is 10.4. The van der Waals surface area contributed by atoms with Gasteiger partial charge in [-0.2, -0.15) is 0 Å². The lowest BCUT2D eigenvalue weighted by Gasteiger charge is -2.32. The van der Waals surface area contributed by atoms with Crippen LogP contribution >= 0.6 is 0 Å². The third-order valence-electron chi connectivity index (χ3n) is 5.65. The van der Waals surface area contributed by atoms with Crippen LogP contribution < -0.4 is 5.32 Å². The Morgan fingerprint density at radius 1 is 1.18 bits per heavy atom. The molecule has 174 valence electrons. The SMILES string of the molecule is CC1(C)OB(C(=Cc2cc(C(=O)O)c(F)cn2)CNC(=O)OCc2ccccc2)OC1(C)C. The van der Waals surface area contributed by atoms with Gasteiger partial charge < -0.3 is 24.5 Å². The number of hydrogen-bond donors (Lipinski definition) is 2. The predicted octanol–water partition coefficient (Wildman–Crippen LogP) is 3.86. The molecule has 1 fully saturated rings. The van der Waals surface area contributed by atoms with Gasteiger partial charge in [-0.1, -0.05) is 30.3 Å². The zero-order chi connectivity index (χ0) is 24.2. The van der Waals surface area contributed by atoms with Gasteiger partial charge >= 0.3 is 19.2 Å². The number of pyridine rings is 1. The van der Waals surface area contributed by atoms with E-state index in [0.29, 0.717) is 5.47 Å². The number of benzene rings is 1. The molecule has 1 aromatic carbocycles. The molecule has 0 saturated carbocycles. The molecule has 2 heterocycles. The molecule has 0 radical (unpaired) electrons. The van der Waals surface area contributed by atoms with Crippen molar-refractivity contribution in [3.8, 4) is 0 Å². The number of carbonyl (C=O) groups excluding carboxylic acids is 1. The summed E-state index contributed by atoms with van der Waals surface area (Å²) in [6, 6.07) is 10.3. The number of halogens is 1. The smallest absolute Gasteiger partial charge is 0.478 e. The standard InChI is InChI=1S/C23H26BFN2O6/c1-22(2)23(3,4)33-24(32-22)16(10-17-11-18(20(28)29)19(25)13-26-17)12-27-21(30)31-14-15-8-6-5-7-9-15/h5-11,13H,12,14H2,1-4H3,(H,27,30)(H,28,29). The van der Waals surface area contributed by atoms with E-state index in [1.54, 1.807) is 0 Å². The summed E-state index contributed by atoms with van der Waals surface area (Å²) in [6.45, 7) is 7.60. The maximum atomic E-state index is 13.8. The summed E-state index contributed by atoms with van der Waals surface area (Å²) in [5.74, 6) is -2.36. The van der Waals surface area contributed by atoms with Gasteiger partial charge in [-0.15, -0.1) is 0 Å². The lowest BCUT2D eigenvalue weighted by molar-refractivity contribution is 0.00578. The fourth-order valence-corrected chi connectivity index (χ4v) is 3.03. The minimum Gasteiger partial charge on any atom is -0.478 e. The van der Waals surface area contributed by atoms with E-state index in [1.807, 2.05) is 58.0 Å². The minimum absolute atomic E-state index is 0.0219. The van der Waals surface area contributed by atoms with Gasteiger partial charge in [-0.3, -0.25) is 4.98 Å². The van der Waals surface area contributed by atoms with Crippen LogP contribution in [0.1, 0.15) is 49.3 Å². The molecule has 33 heavy (non-hydrogen) atoms. The summed E-state index contributed by atoms with van der Waals surface area (Å²) in [6.07, 6.45) is 1.68. The highest BCUT2D eigenvalue weighted by atomic mass is 19.1. The van der Waals surface area contributed by atoms with Crippen LogP contribution in [0.25, 0.3) is 6.08 Å². The normalized spacial score (nSPS) is 17.0. The van der Waals surface area contributed by atoms with Gasteiger partial charge in [0.1, 0.15) is 6.61 Å². The molecule has 1 saturated heterocycles. The Labute approximate surface area is 191 Å². The van der Waals surface area contributed by atoms with Crippen molar-refractivity contribution in [1.82, 2.24) is 10.3 Å². The van der Waals surface area contributed by atoms with E-state index in [0.717, 1.165) is 17.8 Å². The second-order valence-electron chi connectivity index (χ2n) is 8.62. The molecule has 1 aromatic heterocycles. The molecule has 1 aliphatic rings. The number of nitrogens with zero attached hydrogens (tertiary/aromatic N) is 1. The summed E-state index contributed by atoms with van der Waals surface area (Å²) in [7, 11) is -0.843. The highest BCUT2D eigenvalue weighted by Crippen LogP contribution is 2.38. The summed E-state index contributed by atoms with van der Waals surface area (Å²) < 4.78 is 31.1. The van der Waals surface area contributed by atoms with Crippen molar-refractivity contribution in [2.45, 2.75) is 45.5 Å². The summed E-state index contributed by atoms with van der Waals surface area (Å²) >= 11 is 0. The molecule has 2 N–H and O–H groups in total. The highest BCUT2D eigenvalue weighted by Gasteiger charge is 2.52. The van der Waals surface area contributed by atoms with Gasteiger partial charge in [0.2, 0.25) is 0 Å². The van der Waals surface area contributed by atoms with Crippen molar-refractivity contribution in [1.29, 1.82) is 0 Å². The van der Waals surface area contributed by atoms with Crippen LogP contribution in [0.15, 0.2) is 48.1 Å². The zero-order valence-corrected chi connectivity index (χ0v) is 18.9. The third-order valence-corrected chi connectivity index (χ3v) is 5.65. The lowest BCUT2D eigenvalue weighted by Crippen LogP contribution is -2.41. The first-order valence-corrected chi connectivity index (χ1v) is 10.4. The topological polar surface area (TPSA) is 107 Å². The molecule has 10 heteroatoms. The maximum Gasteiger partial charge on any atom is 0.492 e. The quantitative estimate of drug-likeness (QED) is 0.610. The first kappa shape index (κ1) is 24.4. The highest BCUT2D eigenvalue weighted by molar-refractivity contribution is 6.56. The fraction of sp³-hybridized carbons (Fsp3) is 0.348. The number of nitrogens with one attached hydrogen (secondary N) is 1. The van der Waals surface area contributed by atoms with E-state index in [1.165, 1.54) is 6.08 Å². The Bertz CT molecular complexity index is 1040. The van der Waals surface area contributed by atoms with E-state index in [9.17, 15) is 19.1 Å². The average Bonchev–Trinajstić information content (AvgIpc) is 2.98. The predicted molar refractivity (Wildman–Crippen MR) is 120 cm³/mol. The number of alkyl carbamates (subject to hydrolysis) is 1. The van der Waals surface area contributed by atoms with Crippen LogP contribution in [0.4, 0.5) is 9.18 Å². The van der Waals surface area contributed by atoms with Crippen molar-refractivity contribution in [3.05, 3.63) is 70.7 Å².